The van der Waals surface area contributed by atoms with Gasteiger partial charge in [-0.1, -0.05) is 32.9 Å². The van der Waals surface area contributed by atoms with Crippen LogP contribution < -0.4 is 0 Å². The second kappa shape index (κ2) is 7.62. The molecular weight excluding hydrogens is 290 g/mol. The summed E-state index contributed by atoms with van der Waals surface area (Å²) >= 11 is 0. The Hall–Kier alpha value is -1.84. The van der Waals surface area contributed by atoms with Crippen LogP contribution in [0.15, 0.2) is 24.3 Å². The SMILES string of the molecule is CC(C)N(C(=O)COC(=O)c1ccc(C(C)(C)C)cc1)C(C)C. The second-order valence-electron chi connectivity index (χ2n) is 7.39. The van der Waals surface area contributed by atoms with Crippen molar-refractivity contribution in [3.8, 4) is 0 Å². The zero-order valence-corrected chi connectivity index (χ0v) is 15.3. The summed E-state index contributed by atoms with van der Waals surface area (Å²) in [6.07, 6.45) is 0. The van der Waals surface area contributed by atoms with Crippen molar-refractivity contribution in [1.82, 2.24) is 4.90 Å². The van der Waals surface area contributed by atoms with Gasteiger partial charge in [-0.2, -0.15) is 0 Å². The van der Waals surface area contributed by atoms with Gasteiger partial charge in [0, 0.05) is 12.1 Å². The summed E-state index contributed by atoms with van der Waals surface area (Å²) in [7, 11) is 0. The molecule has 1 aromatic rings. The van der Waals surface area contributed by atoms with Gasteiger partial charge >= 0.3 is 5.97 Å². The van der Waals surface area contributed by atoms with Gasteiger partial charge in [-0.15, -0.1) is 0 Å². The first-order chi connectivity index (χ1) is 10.5. The number of nitrogens with zero attached hydrogens (tertiary/aromatic N) is 1. The Morgan fingerprint density at radius 3 is 1.87 bits per heavy atom. The Balaban J connectivity index is 2.68. The molecule has 1 amide bonds. The molecule has 0 heterocycles. The molecule has 0 N–H and O–H groups in total. The van der Waals surface area contributed by atoms with E-state index < -0.39 is 5.97 Å². The molecule has 0 atom stereocenters. The minimum absolute atomic E-state index is 0.0351. The molecule has 0 aliphatic carbocycles. The molecule has 0 saturated carbocycles. The van der Waals surface area contributed by atoms with Crippen molar-refractivity contribution in [2.75, 3.05) is 6.61 Å². The summed E-state index contributed by atoms with van der Waals surface area (Å²) in [5.41, 5.74) is 1.65. The summed E-state index contributed by atoms with van der Waals surface area (Å²) in [6, 6.07) is 7.49. The van der Waals surface area contributed by atoms with Gasteiger partial charge in [-0.05, 0) is 50.8 Å². The molecule has 1 aromatic carbocycles. The van der Waals surface area contributed by atoms with Crippen LogP contribution in [0, 0.1) is 0 Å². The minimum atomic E-state index is -0.466. The third kappa shape index (κ3) is 5.38. The summed E-state index contributed by atoms with van der Waals surface area (Å²) in [5, 5.41) is 0. The molecule has 0 aliphatic heterocycles. The van der Waals surface area contributed by atoms with Crippen molar-refractivity contribution in [2.24, 2.45) is 0 Å². The maximum atomic E-state index is 12.2. The predicted molar refractivity (Wildman–Crippen MR) is 92.5 cm³/mol. The number of amides is 1. The summed E-state index contributed by atoms with van der Waals surface area (Å²) < 4.78 is 5.17. The topological polar surface area (TPSA) is 46.6 Å². The number of carbonyl (C=O) groups excluding carboxylic acids is 2. The fourth-order valence-corrected chi connectivity index (χ4v) is 2.56. The fourth-order valence-electron chi connectivity index (χ4n) is 2.56. The van der Waals surface area contributed by atoms with E-state index >= 15 is 0 Å². The third-order valence-corrected chi connectivity index (χ3v) is 3.71. The van der Waals surface area contributed by atoms with E-state index in [0.29, 0.717) is 5.56 Å². The highest BCUT2D eigenvalue weighted by atomic mass is 16.5. The molecule has 0 bridgehead atoms. The molecule has 1 rings (SSSR count). The maximum absolute atomic E-state index is 12.2. The van der Waals surface area contributed by atoms with Crippen LogP contribution in [-0.4, -0.2) is 35.5 Å². The maximum Gasteiger partial charge on any atom is 0.338 e. The minimum Gasteiger partial charge on any atom is -0.452 e. The van der Waals surface area contributed by atoms with Crippen LogP contribution in [0.1, 0.15) is 64.4 Å². The quantitative estimate of drug-likeness (QED) is 0.776. The molecule has 23 heavy (non-hydrogen) atoms. The standard InChI is InChI=1S/C19H29NO3/c1-13(2)20(14(3)4)17(21)12-23-18(22)15-8-10-16(11-9-15)19(5,6)7/h8-11,13-14H,12H2,1-7H3. The number of esters is 1. The van der Waals surface area contributed by atoms with E-state index in [0.717, 1.165) is 5.56 Å². The fraction of sp³-hybridized carbons (Fsp3) is 0.579. The molecule has 0 saturated heterocycles. The zero-order chi connectivity index (χ0) is 17.8. The monoisotopic (exact) mass is 319 g/mol. The van der Waals surface area contributed by atoms with Gasteiger partial charge in [0.25, 0.3) is 5.91 Å². The van der Waals surface area contributed by atoms with Crippen LogP contribution in [-0.2, 0) is 14.9 Å². The van der Waals surface area contributed by atoms with E-state index in [1.165, 1.54) is 0 Å². The van der Waals surface area contributed by atoms with Crippen LogP contribution in [0.3, 0.4) is 0 Å². The van der Waals surface area contributed by atoms with Crippen molar-refractivity contribution in [2.45, 2.75) is 66.0 Å². The summed E-state index contributed by atoms with van der Waals surface area (Å²) in [6.45, 7) is 13.9. The molecule has 0 unspecified atom stereocenters. The molecule has 0 radical (unpaired) electrons. The molecule has 0 aliphatic rings. The van der Waals surface area contributed by atoms with E-state index in [1.54, 1.807) is 17.0 Å². The van der Waals surface area contributed by atoms with Crippen molar-refractivity contribution in [1.29, 1.82) is 0 Å². The van der Waals surface area contributed by atoms with Gasteiger partial charge in [0.2, 0.25) is 0 Å². The van der Waals surface area contributed by atoms with Crippen LogP contribution in [0.5, 0.6) is 0 Å². The van der Waals surface area contributed by atoms with Crippen molar-refractivity contribution in [3.63, 3.8) is 0 Å². The van der Waals surface area contributed by atoms with Gasteiger partial charge in [-0.25, -0.2) is 4.79 Å². The highest BCUT2D eigenvalue weighted by Crippen LogP contribution is 2.22. The number of hydrogen-bond acceptors (Lipinski definition) is 3. The van der Waals surface area contributed by atoms with Gasteiger partial charge < -0.3 is 9.64 Å². The predicted octanol–water partition coefficient (Wildman–Crippen LogP) is 3.79. The molecule has 0 aromatic heterocycles. The van der Waals surface area contributed by atoms with Crippen LogP contribution in [0.2, 0.25) is 0 Å². The average molecular weight is 319 g/mol. The number of hydrogen-bond donors (Lipinski definition) is 0. The number of rotatable bonds is 5. The smallest absolute Gasteiger partial charge is 0.338 e. The van der Waals surface area contributed by atoms with E-state index in [9.17, 15) is 9.59 Å². The number of carbonyl (C=O) groups is 2. The highest BCUT2D eigenvalue weighted by Gasteiger charge is 2.22. The van der Waals surface area contributed by atoms with Crippen molar-refractivity contribution < 1.29 is 14.3 Å². The zero-order valence-electron chi connectivity index (χ0n) is 15.3. The van der Waals surface area contributed by atoms with Gasteiger partial charge in [0.15, 0.2) is 6.61 Å². The normalized spacial score (nSPS) is 11.7. The molecule has 128 valence electrons. The van der Waals surface area contributed by atoms with Gasteiger partial charge in [0.05, 0.1) is 5.56 Å². The Morgan fingerprint density at radius 2 is 1.48 bits per heavy atom. The number of ether oxygens (including phenoxy) is 1. The first-order valence-corrected chi connectivity index (χ1v) is 8.13. The van der Waals surface area contributed by atoms with Gasteiger partial charge in [-0.3, -0.25) is 4.79 Å². The molecule has 0 fully saturated rings. The summed E-state index contributed by atoms with van der Waals surface area (Å²) in [5.74, 6) is -0.638. The average Bonchev–Trinajstić information content (AvgIpc) is 2.43. The van der Waals surface area contributed by atoms with Crippen molar-refractivity contribution >= 4 is 11.9 Å². The van der Waals surface area contributed by atoms with Gasteiger partial charge in [0.1, 0.15) is 0 Å². The van der Waals surface area contributed by atoms with Crippen molar-refractivity contribution in [3.05, 3.63) is 35.4 Å². The Labute approximate surface area is 139 Å². The molecule has 4 heteroatoms. The van der Waals surface area contributed by atoms with Crippen LogP contribution in [0.4, 0.5) is 0 Å². The first kappa shape index (κ1) is 19.2. The molecule has 4 nitrogen and oxygen atoms in total. The van der Waals surface area contributed by atoms with Crippen LogP contribution >= 0.6 is 0 Å². The van der Waals surface area contributed by atoms with E-state index in [1.807, 2.05) is 39.8 Å². The second-order valence-corrected chi connectivity index (χ2v) is 7.39. The third-order valence-electron chi connectivity index (χ3n) is 3.71. The largest absolute Gasteiger partial charge is 0.452 e. The van der Waals surface area contributed by atoms with E-state index in [-0.39, 0.29) is 30.0 Å². The lowest BCUT2D eigenvalue weighted by molar-refractivity contribution is -0.138. The lowest BCUT2D eigenvalue weighted by Gasteiger charge is -2.30. The Morgan fingerprint density at radius 1 is 1.00 bits per heavy atom. The molecule has 0 spiro atoms. The highest BCUT2D eigenvalue weighted by molar-refractivity contribution is 5.91. The van der Waals surface area contributed by atoms with Crippen LogP contribution in [0.25, 0.3) is 0 Å². The van der Waals surface area contributed by atoms with E-state index in [2.05, 4.69) is 20.8 Å². The Kier molecular flexibility index (Phi) is 6.37. The number of benzene rings is 1. The first-order valence-electron chi connectivity index (χ1n) is 8.13. The summed E-state index contributed by atoms with van der Waals surface area (Å²) in [4.78, 5) is 26.0. The Bertz CT molecular complexity index is 531. The lowest BCUT2D eigenvalue weighted by atomic mass is 9.87. The molecular formula is C19H29NO3. The van der Waals surface area contributed by atoms with E-state index in [4.69, 9.17) is 4.74 Å². The lowest BCUT2D eigenvalue weighted by Crippen LogP contribution is -2.44.